The van der Waals surface area contributed by atoms with Gasteiger partial charge in [0.1, 0.15) is 18.9 Å². The predicted octanol–water partition coefficient (Wildman–Crippen LogP) is 3.84. The van der Waals surface area contributed by atoms with Crippen molar-refractivity contribution >= 4 is 12.1 Å². The van der Waals surface area contributed by atoms with Gasteiger partial charge in [0.2, 0.25) is 0 Å². The molecule has 0 aromatic heterocycles. The Bertz CT molecular complexity index is 920. The third-order valence-corrected chi connectivity index (χ3v) is 6.69. The molecule has 202 valence electrons. The van der Waals surface area contributed by atoms with Crippen LogP contribution in [0.4, 0.5) is 4.79 Å². The van der Waals surface area contributed by atoms with Crippen LogP contribution in [0.3, 0.4) is 0 Å². The van der Waals surface area contributed by atoms with Crippen molar-refractivity contribution in [2.45, 2.75) is 64.4 Å². The Morgan fingerprint density at radius 2 is 1.62 bits per heavy atom. The second kappa shape index (κ2) is 16.0. The Morgan fingerprint density at radius 3 is 2.27 bits per heavy atom. The van der Waals surface area contributed by atoms with E-state index in [1.165, 1.54) is 5.56 Å². The number of ether oxygens (including phenoxy) is 2. The first kappa shape index (κ1) is 28.6. The van der Waals surface area contributed by atoms with Crippen molar-refractivity contribution in [3.8, 4) is 0 Å². The van der Waals surface area contributed by atoms with E-state index in [0.29, 0.717) is 18.9 Å². The molecule has 8 heteroatoms. The molecule has 1 aliphatic heterocycles. The highest BCUT2D eigenvalue weighted by Crippen LogP contribution is 2.21. The van der Waals surface area contributed by atoms with E-state index in [-0.39, 0.29) is 19.6 Å². The third-order valence-electron chi connectivity index (χ3n) is 6.69. The molecular formula is C29H41N3O5. The molecule has 2 aromatic rings. The number of nitrogens with one attached hydrogen (secondary N) is 2. The lowest BCUT2D eigenvalue weighted by Gasteiger charge is -2.32. The molecule has 3 N–H and O–H groups in total. The molecule has 0 saturated carbocycles. The minimum absolute atomic E-state index is 0.109. The molecular weight excluding hydrogens is 470 g/mol. The van der Waals surface area contributed by atoms with E-state index in [1.54, 1.807) is 6.92 Å². The number of carbonyl (C=O) groups is 2. The summed E-state index contributed by atoms with van der Waals surface area (Å²) in [6, 6.07) is 19.0. The van der Waals surface area contributed by atoms with E-state index in [4.69, 9.17) is 9.47 Å². The summed E-state index contributed by atoms with van der Waals surface area (Å²) in [5.41, 5.74) is 2.21. The largest absolute Gasteiger partial charge is 0.464 e. The van der Waals surface area contributed by atoms with Gasteiger partial charge in [-0.15, -0.1) is 0 Å². The number of aliphatic hydroxyl groups excluding tert-OH is 1. The fourth-order valence-electron chi connectivity index (χ4n) is 4.55. The van der Waals surface area contributed by atoms with Gasteiger partial charge in [-0.3, -0.25) is 10.2 Å². The second-order valence-electron chi connectivity index (χ2n) is 9.55. The topological polar surface area (TPSA) is 100 Å². The van der Waals surface area contributed by atoms with Gasteiger partial charge in [0.15, 0.2) is 0 Å². The highest BCUT2D eigenvalue weighted by molar-refractivity contribution is 5.81. The maximum Gasteiger partial charge on any atom is 0.408 e. The van der Waals surface area contributed by atoms with E-state index in [9.17, 15) is 14.7 Å². The lowest BCUT2D eigenvalue weighted by Crippen LogP contribution is -2.43. The fourth-order valence-corrected chi connectivity index (χ4v) is 4.55. The smallest absolute Gasteiger partial charge is 0.408 e. The third kappa shape index (κ3) is 10.9. The molecule has 2 atom stereocenters. The normalized spacial score (nSPS) is 16.1. The van der Waals surface area contributed by atoms with Crippen molar-refractivity contribution in [2.24, 2.45) is 5.92 Å². The average Bonchev–Trinajstić information content (AvgIpc) is 2.92. The number of benzene rings is 2. The van der Waals surface area contributed by atoms with Crippen LogP contribution in [0.5, 0.6) is 0 Å². The van der Waals surface area contributed by atoms with Gasteiger partial charge in [-0.2, -0.15) is 0 Å². The van der Waals surface area contributed by atoms with Crippen LogP contribution in [-0.2, 0) is 27.4 Å². The number of nitrogens with zero attached hydrogens (tertiary/aromatic N) is 1. The minimum Gasteiger partial charge on any atom is -0.464 e. The molecule has 3 rings (SSSR count). The molecule has 1 heterocycles. The van der Waals surface area contributed by atoms with Gasteiger partial charge < -0.3 is 19.9 Å². The summed E-state index contributed by atoms with van der Waals surface area (Å²) in [5, 5.41) is 16.1. The first-order valence-electron chi connectivity index (χ1n) is 13.3. The van der Waals surface area contributed by atoms with Crippen molar-refractivity contribution in [3.63, 3.8) is 0 Å². The number of likely N-dealkylation sites (tertiary alicyclic amines) is 1. The molecule has 1 fully saturated rings. The van der Waals surface area contributed by atoms with Crippen LogP contribution in [0.15, 0.2) is 60.7 Å². The zero-order valence-corrected chi connectivity index (χ0v) is 21.8. The zero-order valence-electron chi connectivity index (χ0n) is 21.8. The first-order chi connectivity index (χ1) is 18.0. The molecule has 0 bridgehead atoms. The van der Waals surface area contributed by atoms with Gasteiger partial charge in [-0.1, -0.05) is 60.7 Å². The number of rotatable bonds is 14. The summed E-state index contributed by atoms with van der Waals surface area (Å²) in [5.74, 6) is 0.105. The Balaban J connectivity index is 1.32. The summed E-state index contributed by atoms with van der Waals surface area (Å²) in [6.45, 7) is 5.93. The molecule has 2 aromatic carbocycles. The summed E-state index contributed by atoms with van der Waals surface area (Å²) < 4.78 is 10.3. The minimum atomic E-state index is -0.881. The van der Waals surface area contributed by atoms with Gasteiger partial charge >= 0.3 is 12.1 Å². The van der Waals surface area contributed by atoms with E-state index in [1.807, 2.05) is 36.4 Å². The van der Waals surface area contributed by atoms with Crippen LogP contribution >= 0.6 is 0 Å². The fraction of sp³-hybridized carbons (Fsp3) is 0.517. The lowest BCUT2D eigenvalue weighted by atomic mass is 9.93. The van der Waals surface area contributed by atoms with Crippen LogP contribution in [0, 0.1) is 5.92 Å². The van der Waals surface area contributed by atoms with Gasteiger partial charge in [-0.05, 0) is 75.7 Å². The van der Waals surface area contributed by atoms with Gasteiger partial charge in [0.05, 0.1) is 6.61 Å². The van der Waals surface area contributed by atoms with E-state index in [0.717, 1.165) is 44.5 Å². The van der Waals surface area contributed by atoms with Crippen molar-refractivity contribution < 1.29 is 24.2 Å². The molecule has 0 spiro atoms. The first-order valence-corrected chi connectivity index (χ1v) is 13.3. The number of carbonyl (C=O) groups excluding carboxylic acids is 2. The van der Waals surface area contributed by atoms with Gasteiger partial charge in [0.25, 0.3) is 0 Å². The lowest BCUT2D eigenvalue weighted by molar-refractivity contribution is -0.145. The van der Waals surface area contributed by atoms with Crippen LogP contribution < -0.4 is 10.6 Å². The molecule has 1 saturated heterocycles. The maximum atomic E-state index is 12.3. The average molecular weight is 512 g/mol. The number of piperidine rings is 1. The molecule has 1 unspecified atom stereocenters. The summed E-state index contributed by atoms with van der Waals surface area (Å²) in [6.07, 6.45) is 2.40. The van der Waals surface area contributed by atoms with Gasteiger partial charge in [-0.25, -0.2) is 9.59 Å². The Morgan fingerprint density at radius 1 is 0.973 bits per heavy atom. The van der Waals surface area contributed by atoms with E-state index >= 15 is 0 Å². The van der Waals surface area contributed by atoms with Crippen molar-refractivity contribution in [1.29, 1.82) is 0 Å². The monoisotopic (exact) mass is 511 g/mol. The van der Waals surface area contributed by atoms with Crippen molar-refractivity contribution in [2.75, 3.05) is 26.2 Å². The SMILES string of the molecule is CCOC(=O)[C@H](CCC(O)NCCC1CCN(Cc2ccccc2)CC1)NC(=O)OCc1ccccc1. The van der Waals surface area contributed by atoms with Gasteiger partial charge in [0, 0.05) is 6.54 Å². The zero-order chi connectivity index (χ0) is 26.3. The number of aliphatic hydroxyl groups is 1. The molecule has 1 aliphatic rings. The van der Waals surface area contributed by atoms with Crippen LogP contribution in [0.2, 0.25) is 0 Å². The molecule has 0 aliphatic carbocycles. The number of amides is 1. The number of alkyl carbamates (subject to hydrolysis) is 1. The van der Waals surface area contributed by atoms with Crippen molar-refractivity contribution in [1.82, 2.24) is 15.5 Å². The summed E-state index contributed by atoms with van der Waals surface area (Å²) in [7, 11) is 0. The van der Waals surface area contributed by atoms with E-state index < -0.39 is 24.3 Å². The molecule has 1 amide bonds. The standard InChI is InChI=1S/C29H41N3O5/c1-2-36-28(34)26(31-29(35)37-22-25-11-7-4-8-12-25)13-14-27(33)30-18-15-23-16-19-32(20-17-23)21-24-9-5-3-6-10-24/h3-12,23,26-27,30,33H,2,13-22H2,1H3,(H,31,35)/t26-,27?/m0/s1. The van der Waals surface area contributed by atoms with Crippen molar-refractivity contribution in [3.05, 3.63) is 71.8 Å². The number of esters is 1. The van der Waals surface area contributed by atoms with E-state index in [2.05, 4.69) is 39.8 Å². The second-order valence-corrected chi connectivity index (χ2v) is 9.55. The van der Waals surface area contributed by atoms with Crippen LogP contribution in [0.1, 0.15) is 50.2 Å². The maximum absolute atomic E-state index is 12.3. The Kier molecular flexibility index (Phi) is 12.4. The summed E-state index contributed by atoms with van der Waals surface area (Å²) in [4.78, 5) is 27.1. The molecule has 0 radical (unpaired) electrons. The highest BCUT2D eigenvalue weighted by atomic mass is 16.6. The highest BCUT2D eigenvalue weighted by Gasteiger charge is 2.24. The Hall–Kier alpha value is -2.94. The quantitative estimate of drug-likeness (QED) is 0.262. The summed E-state index contributed by atoms with van der Waals surface area (Å²) >= 11 is 0. The predicted molar refractivity (Wildman–Crippen MR) is 142 cm³/mol. The molecule has 8 nitrogen and oxygen atoms in total. The number of hydrogen-bond donors (Lipinski definition) is 3. The van der Waals surface area contributed by atoms with Crippen LogP contribution in [0.25, 0.3) is 0 Å². The Labute approximate surface area is 220 Å². The molecule has 37 heavy (non-hydrogen) atoms. The van der Waals surface area contributed by atoms with Crippen LogP contribution in [-0.4, -0.2) is 60.6 Å². The number of hydrogen-bond acceptors (Lipinski definition) is 7.